The Balaban J connectivity index is 3.88. The normalized spacial score (nSPS) is 12.4. The van der Waals surface area contributed by atoms with Crippen LogP contribution in [0.5, 0.6) is 0 Å². The second-order valence-corrected chi connectivity index (χ2v) is 4.57. The number of carbonyl (C=O) groups excluding carboxylic acids is 2. The van der Waals surface area contributed by atoms with Crippen LogP contribution >= 0.6 is 0 Å². The SMILES string of the molecule is CC(C)(C)C(=O)CNC(=O)CCC(F)(F)F. The van der Waals surface area contributed by atoms with Gasteiger partial charge in [-0.3, -0.25) is 9.59 Å². The van der Waals surface area contributed by atoms with Crippen LogP contribution in [0.3, 0.4) is 0 Å². The predicted molar refractivity (Wildman–Crippen MR) is 52.8 cm³/mol. The van der Waals surface area contributed by atoms with E-state index in [1.54, 1.807) is 20.8 Å². The van der Waals surface area contributed by atoms with Crippen LogP contribution in [0.15, 0.2) is 0 Å². The van der Waals surface area contributed by atoms with E-state index < -0.39 is 30.3 Å². The molecule has 0 aromatic carbocycles. The number of rotatable bonds is 4. The number of alkyl halides is 3. The monoisotopic (exact) mass is 239 g/mol. The number of amides is 1. The van der Waals surface area contributed by atoms with Gasteiger partial charge in [0.2, 0.25) is 5.91 Å². The molecule has 0 aliphatic carbocycles. The maximum Gasteiger partial charge on any atom is 0.389 e. The van der Waals surface area contributed by atoms with Crippen molar-refractivity contribution in [2.24, 2.45) is 5.41 Å². The predicted octanol–water partition coefficient (Wildman–Crippen LogP) is 2.06. The van der Waals surface area contributed by atoms with E-state index in [4.69, 9.17) is 0 Å². The Bertz CT molecular complexity index is 266. The van der Waals surface area contributed by atoms with Crippen molar-refractivity contribution in [1.29, 1.82) is 0 Å². The number of hydrogen-bond donors (Lipinski definition) is 1. The van der Waals surface area contributed by atoms with Crippen molar-refractivity contribution in [2.45, 2.75) is 39.8 Å². The lowest BCUT2D eigenvalue weighted by molar-refractivity contribution is -0.144. The van der Waals surface area contributed by atoms with E-state index in [1.807, 2.05) is 0 Å². The first kappa shape index (κ1) is 14.9. The Morgan fingerprint density at radius 1 is 1.12 bits per heavy atom. The highest BCUT2D eigenvalue weighted by atomic mass is 19.4. The second kappa shape index (κ2) is 5.32. The fraction of sp³-hybridized carbons (Fsp3) is 0.800. The lowest BCUT2D eigenvalue weighted by Crippen LogP contribution is -2.35. The van der Waals surface area contributed by atoms with Gasteiger partial charge in [0.05, 0.1) is 13.0 Å². The molecule has 0 spiro atoms. The number of Topliss-reactive ketones (excluding diaryl/α,β-unsaturated/α-hetero) is 1. The molecule has 0 aliphatic rings. The van der Waals surface area contributed by atoms with Gasteiger partial charge in [0.1, 0.15) is 0 Å². The molecule has 0 aliphatic heterocycles. The number of carbonyl (C=O) groups is 2. The summed E-state index contributed by atoms with van der Waals surface area (Å²) >= 11 is 0. The zero-order chi connectivity index (χ0) is 13.0. The molecule has 16 heavy (non-hydrogen) atoms. The molecule has 1 amide bonds. The van der Waals surface area contributed by atoms with Crippen LogP contribution in [0.1, 0.15) is 33.6 Å². The maximum absolute atomic E-state index is 11.8. The average molecular weight is 239 g/mol. The van der Waals surface area contributed by atoms with Crippen molar-refractivity contribution >= 4 is 11.7 Å². The average Bonchev–Trinajstić information content (AvgIpc) is 2.08. The van der Waals surface area contributed by atoms with Gasteiger partial charge in [-0.05, 0) is 0 Å². The number of ketones is 1. The highest BCUT2D eigenvalue weighted by Crippen LogP contribution is 2.21. The molecular formula is C10H16F3NO2. The lowest BCUT2D eigenvalue weighted by Gasteiger charge is -2.16. The maximum atomic E-state index is 11.8. The smallest absolute Gasteiger partial charge is 0.349 e. The Hall–Kier alpha value is -1.07. The molecule has 0 saturated carbocycles. The van der Waals surface area contributed by atoms with Crippen molar-refractivity contribution in [1.82, 2.24) is 5.32 Å². The summed E-state index contributed by atoms with van der Waals surface area (Å²) in [5, 5.41) is 2.17. The third-order valence-corrected chi connectivity index (χ3v) is 1.92. The quantitative estimate of drug-likeness (QED) is 0.816. The third-order valence-electron chi connectivity index (χ3n) is 1.92. The molecule has 0 atom stereocenters. The lowest BCUT2D eigenvalue weighted by atomic mass is 9.91. The van der Waals surface area contributed by atoms with Crippen LogP contribution < -0.4 is 5.32 Å². The Morgan fingerprint density at radius 3 is 2.00 bits per heavy atom. The molecule has 6 heteroatoms. The van der Waals surface area contributed by atoms with E-state index in [0.29, 0.717) is 0 Å². The first-order chi connectivity index (χ1) is 7.02. The van der Waals surface area contributed by atoms with E-state index in [2.05, 4.69) is 5.32 Å². The van der Waals surface area contributed by atoms with Gasteiger partial charge in [0, 0.05) is 11.8 Å². The van der Waals surface area contributed by atoms with Crippen LogP contribution in [0.25, 0.3) is 0 Å². The number of nitrogens with one attached hydrogen (secondary N) is 1. The third kappa shape index (κ3) is 7.25. The number of hydrogen-bond acceptors (Lipinski definition) is 2. The van der Waals surface area contributed by atoms with E-state index in [1.165, 1.54) is 0 Å². The molecule has 0 heterocycles. The van der Waals surface area contributed by atoms with Gasteiger partial charge >= 0.3 is 6.18 Å². The van der Waals surface area contributed by atoms with E-state index in [-0.39, 0.29) is 12.3 Å². The van der Waals surface area contributed by atoms with E-state index >= 15 is 0 Å². The zero-order valence-electron chi connectivity index (χ0n) is 9.57. The summed E-state index contributed by atoms with van der Waals surface area (Å²) < 4.78 is 35.3. The summed E-state index contributed by atoms with van der Waals surface area (Å²) in [6, 6.07) is 0. The van der Waals surface area contributed by atoms with Crippen LogP contribution in [0.2, 0.25) is 0 Å². The van der Waals surface area contributed by atoms with Crippen molar-refractivity contribution in [2.75, 3.05) is 6.54 Å². The minimum Gasteiger partial charge on any atom is -0.349 e. The summed E-state index contributed by atoms with van der Waals surface area (Å²) in [7, 11) is 0. The minimum absolute atomic E-state index is 0.215. The molecular weight excluding hydrogens is 223 g/mol. The molecule has 0 bridgehead atoms. The van der Waals surface area contributed by atoms with Gasteiger partial charge in [-0.25, -0.2) is 0 Å². The molecule has 0 radical (unpaired) electrons. The highest BCUT2D eigenvalue weighted by molar-refractivity contribution is 5.89. The molecule has 0 aromatic heterocycles. The van der Waals surface area contributed by atoms with Gasteiger partial charge < -0.3 is 5.32 Å². The van der Waals surface area contributed by atoms with Gasteiger partial charge in [0.15, 0.2) is 5.78 Å². The van der Waals surface area contributed by atoms with Gasteiger partial charge in [0.25, 0.3) is 0 Å². The highest BCUT2D eigenvalue weighted by Gasteiger charge is 2.28. The molecule has 0 unspecified atom stereocenters. The van der Waals surface area contributed by atoms with Crippen molar-refractivity contribution in [3.63, 3.8) is 0 Å². The van der Waals surface area contributed by atoms with Crippen LogP contribution in [-0.2, 0) is 9.59 Å². The largest absolute Gasteiger partial charge is 0.389 e. The molecule has 1 N–H and O–H groups in total. The molecule has 0 fully saturated rings. The van der Waals surface area contributed by atoms with Gasteiger partial charge in [-0.1, -0.05) is 20.8 Å². The fourth-order valence-electron chi connectivity index (χ4n) is 0.788. The molecule has 0 aromatic rings. The van der Waals surface area contributed by atoms with Crippen LogP contribution in [-0.4, -0.2) is 24.4 Å². The Kier molecular flexibility index (Phi) is 4.96. The van der Waals surface area contributed by atoms with E-state index in [0.717, 1.165) is 0 Å². The molecule has 0 rings (SSSR count). The Morgan fingerprint density at radius 2 is 1.62 bits per heavy atom. The fourth-order valence-corrected chi connectivity index (χ4v) is 0.788. The number of halogens is 3. The second-order valence-electron chi connectivity index (χ2n) is 4.57. The topological polar surface area (TPSA) is 46.2 Å². The summed E-state index contributed by atoms with van der Waals surface area (Å²) in [6.45, 7) is 4.81. The Labute approximate surface area is 92.4 Å². The standard InChI is InChI=1S/C10H16F3NO2/c1-9(2,3)7(15)6-14-8(16)4-5-10(11,12)13/h4-6H2,1-3H3,(H,14,16). The van der Waals surface area contributed by atoms with E-state index in [9.17, 15) is 22.8 Å². The summed E-state index contributed by atoms with van der Waals surface area (Å²) in [4.78, 5) is 22.3. The molecule has 3 nitrogen and oxygen atoms in total. The first-order valence-corrected chi connectivity index (χ1v) is 4.89. The summed E-state index contributed by atoms with van der Waals surface area (Å²) in [6.07, 6.45) is -6.14. The van der Waals surface area contributed by atoms with Crippen molar-refractivity contribution in [3.05, 3.63) is 0 Å². The zero-order valence-corrected chi connectivity index (χ0v) is 9.57. The summed E-state index contributed by atoms with van der Waals surface area (Å²) in [5.74, 6) is -0.970. The van der Waals surface area contributed by atoms with Crippen molar-refractivity contribution in [3.8, 4) is 0 Å². The minimum atomic E-state index is -4.34. The van der Waals surface area contributed by atoms with Gasteiger partial charge in [-0.2, -0.15) is 13.2 Å². The van der Waals surface area contributed by atoms with Crippen LogP contribution in [0, 0.1) is 5.41 Å². The first-order valence-electron chi connectivity index (χ1n) is 4.89. The van der Waals surface area contributed by atoms with Crippen molar-refractivity contribution < 1.29 is 22.8 Å². The van der Waals surface area contributed by atoms with Crippen LogP contribution in [0.4, 0.5) is 13.2 Å². The van der Waals surface area contributed by atoms with Gasteiger partial charge in [-0.15, -0.1) is 0 Å². The molecule has 0 saturated heterocycles. The summed E-state index contributed by atoms with van der Waals surface area (Å²) in [5.41, 5.74) is -0.600. The molecule has 94 valence electrons.